The summed E-state index contributed by atoms with van der Waals surface area (Å²) in [4.78, 5) is 28.2. The van der Waals surface area contributed by atoms with Crippen LogP contribution in [0.15, 0.2) is 47.4 Å². The highest BCUT2D eigenvalue weighted by Crippen LogP contribution is 2.27. The van der Waals surface area contributed by atoms with Crippen molar-refractivity contribution in [1.82, 2.24) is 34.3 Å². The van der Waals surface area contributed by atoms with Gasteiger partial charge in [0.1, 0.15) is 17.0 Å². The van der Waals surface area contributed by atoms with Gasteiger partial charge < -0.3 is 0 Å². The molecule has 0 amide bonds. The predicted octanol–water partition coefficient (Wildman–Crippen LogP) is 3.55. The lowest BCUT2D eigenvalue weighted by molar-refractivity contribution is 0.127. The number of halogens is 3. The largest absolute Gasteiger partial charge is 0.327 e. The Balaban J connectivity index is 1.69. The minimum Gasteiger partial charge on any atom is -0.290 e. The molecule has 5 rings (SSSR count). The zero-order valence-corrected chi connectivity index (χ0v) is 17.5. The van der Waals surface area contributed by atoms with Crippen molar-refractivity contribution < 1.29 is 13.2 Å². The van der Waals surface area contributed by atoms with Crippen LogP contribution in [0.3, 0.4) is 0 Å². The van der Waals surface area contributed by atoms with Gasteiger partial charge in [-0.3, -0.25) is 9.55 Å². The molecular formula is C22H18F3N7O. The van der Waals surface area contributed by atoms with Crippen molar-refractivity contribution in [3.05, 3.63) is 70.2 Å². The Morgan fingerprint density at radius 2 is 1.94 bits per heavy atom. The highest BCUT2D eigenvalue weighted by atomic mass is 19.3. The van der Waals surface area contributed by atoms with Gasteiger partial charge in [-0.1, -0.05) is 25.1 Å². The third kappa shape index (κ3) is 3.65. The summed E-state index contributed by atoms with van der Waals surface area (Å²) >= 11 is 0. The van der Waals surface area contributed by atoms with Crippen LogP contribution in [0.4, 0.5) is 13.2 Å². The van der Waals surface area contributed by atoms with E-state index in [1.165, 1.54) is 6.07 Å². The molecule has 0 bridgehead atoms. The molecular weight excluding hydrogens is 435 g/mol. The topological polar surface area (TPSA) is 94.3 Å². The molecule has 0 unspecified atom stereocenters. The van der Waals surface area contributed by atoms with Gasteiger partial charge in [0.2, 0.25) is 0 Å². The van der Waals surface area contributed by atoms with E-state index in [1.807, 2.05) is 6.92 Å². The number of aryl methyl sites for hydroxylation is 1. The average Bonchev–Trinajstić information content (AvgIpc) is 3.32. The van der Waals surface area contributed by atoms with Crippen molar-refractivity contribution in [2.75, 3.05) is 0 Å². The van der Waals surface area contributed by atoms with E-state index in [0.717, 1.165) is 4.57 Å². The number of aromatic nitrogens is 7. The number of rotatable bonds is 6. The molecule has 8 nitrogen and oxygen atoms in total. The van der Waals surface area contributed by atoms with E-state index >= 15 is 0 Å². The van der Waals surface area contributed by atoms with Gasteiger partial charge >= 0.3 is 5.69 Å². The van der Waals surface area contributed by atoms with Crippen LogP contribution in [0.5, 0.6) is 0 Å². The van der Waals surface area contributed by atoms with Crippen molar-refractivity contribution >= 4 is 22.2 Å². The molecule has 1 N–H and O–H groups in total. The minimum absolute atomic E-state index is 0.144. The molecule has 5 aromatic rings. The van der Waals surface area contributed by atoms with Gasteiger partial charge in [0, 0.05) is 11.8 Å². The third-order valence-corrected chi connectivity index (χ3v) is 5.35. The fourth-order valence-electron chi connectivity index (χ4n) is 3.88. The molecule has 0 saturated carbocycles. The number of fused-ring (bicyclic) bond motifs is 2. The van der Waals surface area contributed by atoms with Crippen LogP contribution in [-0.2, 0) is 19.5 Å². The van der Waals surface area contributed by atoms with Gasteiger partial charge in [-0.05, 0) is 24.6 Å². The average molecular weight is 453 g/mol. The number of nitrogens with zero attached hydrogens (tertiary/aromatic N) is 6. The molecule has 0 radical (unpaired) electrons. The molecule has 0 saturated heterocycles. The number of imidazole rings is 1. The first-order valence-electron chi connectivity index (χ1n) is 10.3. The van der Waals surface area contributed by atoms with E-state index in [9.17, 15) is 18.0 Å². The molecule has 0 spiro atoms. The molecule has 0 aliphatic carbocycles. The van der Waals surface area contributed by atoms with Gasteiger partial charge in [-0.15, -0.1) is 0 Å². The number of hydrogen-bond donors (Lipinski definition) is 1. The first-order valence-corrected chi connectivity index (χ1v) is 10.3. The number of nitrogens with one attached hydrogen (secondary N) is 1. The molecule has 0 aliphatic rings. The van der Waals surface area contributed by atoms with Gasteiger partial charge in [0.15, 0.2) is 17.1 Å². The normalized spacial score (nSPS) is 11.8. The zero-order valence-electron chi connectivity index (χ0n) is 17.5. The van der Waals surface area contributed by atoms with E-state index in [2.05, 4.69) is 25.0 Å². The molecule has 4 aromatic heterocycles. The monoisotopic (exact) mass is 453 g/mol. The van der Waals surface area contributed by atoms with E-state index in [1.54, 1.807) is 41.2 Å². The summed E-state index contributed by atoms with van der Waals surface area (Å²) in [5.41, 5.74) is 1.52. The number of benzene rings is 1. The maximum Gasteiger partial charge on any atom is 0.327 e. The van der Waals surface area contributed by atoms with Gasteiger partial charge in [0.25, 0.3) is 6.43 Å². The third-order valence-electron chi connectivity index (χ3n) is 5.35. The van der Waals surface area contributed by atoms with Crippen LogP contribution >= 0.6 is 0 Å². The standard InChI is InChI=1S/C22H18F3N7O/c1-2-15-18-20(29-22(33)31(18)11-16(24)25)28-19(27-15)17-13-7-5-9-26-21(13)32(30-17)10-12-6-3-4-8-14(12)23/h3-9,16H,2,10-11H2,1H3,(H,27,28,29,33). The Labute approximate surface area is 184 Å². The van der Waals surface area contributed by atoms with Crippen molar-refractivity contribution in [2.24, 2.45) is 0 Å². The molecule has 0 fully saturated rings. The zero-order chi connectivity index (χ0) is 23.1. The lowest BCUT2D eigenvalue weighted by Gasteiger charge is -2.07. The highest BCUT2D eigenvalue weighted by molar-refractivity contribution is 5.90. The molecule has 168 valence electrons. The van der Waals surface area contributed by atoms with Crippen LogP contribution in [-0.4, -0.2) is 40.7 Å². The smallest absolute Gasteiger partial charge is 0.290 e. The summed E-state index contributed by atoms with van der Waals surface area (Å²) in [5.74, 6) is -0.141. The summed E-state index contributed by atoms with van der Waals surface area (Å²) in [5, 5.41) is 5.24. The summed E-state index contributed by atoms with van der Waals surface area (Å²) in [6.45, 7) is 1.20. The second kappa shape index (κ2) is 8.15. The SMILES string of the molecule is CCc1nc(-c2nn(Cc3ccccc3F)c3ncccc23)nc2[nH]c(=O)n(CC(F)F)c12. The predicted molar refractivity (Wildman–Crippen MR) is 116 cm³/mol. The minimum atomic E-state index is -2.70. The number of hydrogen-bond acceptors (Lipinski definition) is 5. The molecule has 4 heterocycles. The summed E-state index contributed by atoms with van der Waals surface area (Å²) in [6.07, 6.45) is -0.705. The van der Waals surface area contributed by atoms with Crippen LogP contribution < -0.4 is 5.69 Å². The lowest BCUT2D eigenvalue weighted by Crippen LogP contribution is -2.21. The molecule has 1 aromatic carbocycles. The van der Waals surface area contributed by atoms with Crippen molar-refractivity contribution in [3.8, 4) is 11.5 Å². The van der Waals surface area contributed by atoms with E-state index in [4.69, 9.17) is 0 Å². The van der Waals surface area contributed by atoms with Crippen LogP contribution in [0.2, 0.25) is 0 Å². The molecule has 11 heteroatoms. The summed E-state index contributed by atoms with van der Waals surface area (Å²) in [7, 11) is 0. The fraction of sp³-hybridized carbons (Fsp3) is 0.227. The number of H-pyrrole nitrogens is 1. The quantitative estimate of drug-likeness (QED) is 0.424. The Morgan fingerprint density at radius 3 is 2.70 bits per heavy atom. The Morgan fingerprint density at radius 1 is 1.12 bits per heavy atom. The molecule has 0 atom stereocenters. The number of aromatic amines is 1. The van der Waals surface area contributed by atoms with E-state index < -0.39 is 18.7 Å². The number of pyridine rings is 1. The van der Waals surface area contributed by atoms with Crippen LogP contribution in [0, 0.1) is 5.82 Å². The fourth-order valence-corrected chi connectivity index (χ4v) is 3.88. The molecule has 0 aliphatic heterocycles. The van der Waals surface area contributed by atoms with E-state index in [0.29, 0.717) is 34.4 Å². The maximum absolute atomic E-state index is 14.2. The van der Waals surface area contributed by atoms with Crippen molar-refractivity contribution in [2.45, 2.75) is 32.9 Å². The van der Waals surface area contributed by atoms with Crippen molar-refractivity contribution in [1.29, 1.82) is 0 Å². The Bertz CT molecular complexity index is 1540. The first kappa shape index (κ1) is 20.9. The van der Waals surface area contributed by atoms with Crippen molar-refractivity contribution in [3.63, 3.8) is 0 Å². The Hall–Kier alpha value is -4.02. The lowest BCUT2D eigenvalue weighted by atomic mass is 10.2. The van der Waals surface area contributed by atoms with E-state index in [-0.39, 0.29) is 29.4 Å². The molecule has 33 heavy (non-hydrogen) atoms. The summed E-state index contributed by atoms with van der Waals surface area (Å²) in [6, 6.07) is 9.93. The van der Waals surface area contributed by atoms with Gasteiger partial charge in [0.05, 0.1) is 24.2 Å². The second-order valence-electron chi connectivity index (χ2n) is 7.45. The first-order chi connectivity index (χ1) is 16.0. The maximum atomic E-state index is 14.2. The number of alkyl halides is 2. The second-order valence-corrected chi connectivity index (χ2v) is 7.45. The van der Waals surface area contributed by atoms with Crippen LogP contribution in [0.25, 0.3) is 33.7 Å². The van der Waals surface area contributed by atoms with Gasteiger partial charge in [-0.2, -0.15) is 5.10 Å². The highest BCUT2D eigenvalue weighted by Gasteiger charge is 2.21. The summed E-state index contributed by atoms with van der Waals surface area (Å²) < 4.78 is 42.8. The van der Waals surface area contributed by atoms with Crippen LogP contribution in [0.1, 0.15) is 18.2 Å². The van der Waals surface area contributed by atoms with Gasteiger partial charge in [-0.25, -0.2) is 37.6 Å². The Kier molecular flexibility index (Phi) is 5.15.